The number of hydrogen-bond donors (Lipinski definition) is 2. The van der Waals surface area contributed by atoms with Gasteiger partial charge in [-0.3, -0.25) is 19.2 Å². The van der Waals surface area contributed by atoms with Gasteiger partial charge in [-0.1, -0.05) is 11.6 Å². The number of rotatable bonds is 7. The van der Waals surface area contributed by atoms with E-state index >= 15 is 0 Å². The first-order valence-electron chi connectivity index (χ1n) is 10.7. The van der Waals surface area contributed by atoms with Gasteiger partial charge in [-0.2, -0.15) is 5.10 Å². The molecule has 1 amide bonds. The maximum Gasteiger partial charge on any atom is 0.290 e. The molecule has 30 heavy (non-hydrogen) atoms. The molecule has 0 unspecified atom stereocenters. The number of fused-ring (bicyclic) bond motifs is 1. The van der Waals surface area contributed by atoms with Crippen molar-refractivity contribution in [2.75, 3.05) is 26.2 Å². The summed E-state index contributed by atoms with van der Waals surface area (Å²) >= 11 is 0. The zero-order chi connectivity index (χ0) is 21.7. The van der Waals surface area contributed by atoms with Gasteiger partial charge in [0.1, 0.15) is 0 Å². The van der Waals surface area contributed by atoms with Crippen LogP contribution in [0.4, 0.5) is 0 Å². The zero-order valence-electron chi connectivity index (χ0n) is 18.2. The molecule has 0 aromatic carbocycles. The molecule has 4 heterocycles. The molecule has 1 aromatic heterocycles. The Kier molecular flexibility index (Phi) is 7.31. The third-order valence-electron chi connectivity index (χ3n) is 6.68. The van der Waals surface area contributed by atoms with E-state index in [0.717, 1.165) is 44.7 Å². The van der Waals surface area contributed by atoms with Crippen molar-refractivity contribution in [2.24, 2.45) is 18.9 Å². The van der Waals surface area contributed by atoms with Crippen LogP contribution in [-0.4, -0.2) is 70.1 Å². The van der Waals surface area contributed by atoms with Gasteiger partial charge in [-0.25, -0.2) is 0 Å². The van der Waals surface area contributed by atoms with E-state index in [1.165, 1.54) is 12.0 Å². The molecule has 0 radical (unpaired) electrons. The molecule has 1 aromatic rings. The van der Waals surface area contributed by atoms with Gasteiger partial charge in [-0.05, 0) is 39.2 Å². The number of aromatic nitrogens is 2. The molecule has 4 rings (SSSR count). The highest BCUT2D eigenvalue weighted by Crippen LogP contribution is 2.54. The fourth-order valence-corrected chi connectivity index (χ4v) is 5.22. The van der Waals surface area contributed by atoms with Crippen LogP contribution in [0.2, 0.25) is 0 Å². The van der Waals surface area contributed by atoms with Crippen LogP contribution in [-0.2, 0) is 27.8 Å². The van der Waals surface area contributed by atoms with Crippen LogP contribution in [0, 0.1) is 11.8 Å². The first kappa shape index (κ1) is 22.5. The maximum absolute atomic E-state index is 12.3. The third-order valence-corrected chi connectivity index (χ3v) is 6.68. The first-order valence-corrected chi connectivity index (χ1v) is 10.7. The number of likely N-dealkylation sites (tertiary alicyclic amines) is 1. The smallest absolute Gasteiger partial charge is 0.290 e. The van der Waals surface area contributed by atoms with Crippen LogP contribution in [0.1, 0.15) is 38.8 Å². The van der Waals surface area contributed by atoms with Crippen LogP contribution >= 0.6 is 0 Å². The Labute approximate surface area is 178 Å². The van der Waals surface area contributed by atoms with E-state index < -0.39 is 0 Å². The van der Waals surface area contributed by atoms with E-state index in [1.54, 1.807) is 6.20 Å². The molecule has 3 fully saturated rings. The van der Waals surface area contributed by atoms with Crippen LogP contribution in [0.5, 0.6) is 0 Å². The lowest BCUT2D eigenvalue weighted by Gasteiger charge is -2.29. The second-order valence-corrected chi connectivity index (χ2v) is 8.86. The summed E-state index contributed by atoms with van der Waals surface area (Å²) < 4.78 is 8.31. The predicted molar refractivity (Wildman–Crippen MR) is 113 cm³/mol. The Hall–Kier alpha value is -2.19. The van der Waals surface area contributed by atoms with E-state index in [4.69, 9.17) is 14.6 Å². The number of carbonyl (C=O) groups excluding carboxylic acids is 1. The molecule has 8 heteroatoms. The molecule has 3 aliphatic heterocycles. The van der Waals surface area contributed by atoms with Crippen molar-refractivity contribution < 1.29 is 19.4 Å². The fraction of sp³-hybridized carbons (Fsp3) is 0.682. The minimum Gasteiger partial charge on any atom is -0.483 e. The van der Waals surface area contributed by atoms with Crippen LogP contribution in [0.3, 0.4) is 0 Å². The number of carboxylic acid groups (broad SMARTS) is 1. The van der Waals surface area contributed by atoms with Crippen molar-refractivity contribution in [3.8, 4) is 0 Å². The highest BCUT2D eigenvalue weighted by Gasteiger charge is 2.62. The van der Waals surface area contributed by atoms with Crippen LogP contribution in [0.25, 0.3) is 0 Å². The largest absolute Gasteiger partial charge is 0.483 e. The summed E-state index contributed by atoms with van der Waals surface area (Å²) in [4.78, 5) is 23.2. The van der Waals surface area contributed by atoms with Crippen molar-refractivity contribution in [2.45, 2.75) is 51.2 Å². The van der Waals surface area contributed by atoms with Gasteiger partial charge in [0.2, 0.25) is 5.91 Å². The second-order valence-electron chi connectivity index (χ2n) is 8.86. The van der Waals surface area contributed by atoms with Gasteiger partial charge in [0.15, 0.2) is 0 Å². The van der Waals surface area contributed by atoms with Gasteiger partial charge in [0.05, 0.1) is 11.7 Å². The summed E-state index contributed by atoms with van der Waals surface area (Å²) in [5, 5.41) is 14.2. The lowest BCUT2D eigenvalue weighted by atomic mass is 9.73. The van der Waals surface area contributed by atoms with Crippen LogP contribution < -0.4 is 5.32 Å². The predicted octanol–water partition coefficient (Wildman–Crippen LogP) is 1.62. The van der Waals surface area contributed by atoms with E-state index in [1.807, 2.05) is 17.8 Å². The number of nitrogens with zero attached hydrogens (tertiary/aromatic N) is 3. The van der Waals surface area contributed by atoms with E-state index in [2.05, 4.69) is 35.2 Å². The lowest BCUT2D eigenvalue weighted by molar-refractivity contribution is -0.123. The first-order chi connectivity index (χ1) is 14.4. The molecule has 0 aliphatic carbocycles. The molecule has 1 spiro atoms. The summed E-state index contributed by atoms with van der Waals surface area (Å²) in [6, 6.07) is 1.97. The van der Waals surface area contributed by atoms with Crippen molar-refractivity contribution in [3.63, 3.8) is 0 Å². The lowest BCUT2D eigenvalue weighted by Crippen LogP contribution is -2.42. The topological polar surface area (TPSA) is 96.7 Å². The molecule has 2 bridgehead atoms. The Morgan fingerprint density at radius 3 is 2.90 bits per heavy atom. The molecule has 4 atom stereocenters. The molecule has 8 nitrogen and oxygen atoms in total. The normalized spacial score (nSPS) is 29.1. The maximum atomic E-state index is 12.3. The molecule has 3 aliphatic rings. The average Bonchev–Trinajstić information content (AvgIpc) is 3.44. The Bertz CT molecular complexity index is 773. The summed E-state index contributed by atoms with van der Waals surface area (Å²) in [7, 11) is 1.92. The SMILES string of the molecule is CC(C)=CCN1C[C@@H]2[C@H](CNC(=O)CCc3ccnn3C)[C@H]3CC[C@]2(C1)O3.O=CO. The van der Waals surface area contributed by atoms with Crippen molar-refractivity contribution >= 4 is 12.4 Å². The summed E-state index contributed by atoms with van der Waals surface area (Å²) in [6.07, 6.45) is 7.98. The minimum absolute atomic E-state index is 0.0459. The molecule has 3 saturated heterocycles. The summed E-state index contributed by atoms with van der Waals surface area (Å²) in [5.41, 5.74) is 2.51. The van der Waals surface area contributed by atoms with E-state index in [9.17, 15) is 4.79 Å². The third kappa shape index (κ3) is 4.92. The zero-order valence-corrected chi connectivity index (χ0v) is 18.2. The Morgan fingerprint density at radius 2 is 2.23 bits per heavy atom. The fourth-order valence-electron chi connectivity index (χ4n) is 5.22. The standard InChI is InChI=1S/C21H32N4O2.CH2O2/c1-15(2)8-11-25-13-18-17(19-6-9-21(18,14-25)27-19)12-22-20(26)5-4-16-7-10-23-24(16)3;2-1-3/h7-8,10,17-19H,4-6,9,11-14H2,1-3H3,(H,22,26);1H,(H,2,3)/t17-,18+,19+,21+;/m0./s1. The molecule has 0 saturated carbocycles. The number of carbonyl (C=O) groups is 2. The highest BCUT2D eigenvalue weighted by molar-refractivity contribution is 5.76. The Morgan fingerprint density at radius 1 is 1.47 bits per heavy atom. The molecular weight excluding hydrogens is 384 g/mol. The second kappa shape index (κ2) is 9.75. The van der Waals surface area contributed by atoms with Crippen molar-refractivity contribution in [3.05, 3.63) is 29.6 Å². The average molecular weight is 419 g/mol. The number of amides is 1. The summed E-state index contributed by atoms with van der Waals surface area (Å²) in [5.74, 6) is 1.14. The van der Waals surface area contributed by atoms with Gasteiger partial charge in [-0.15, -0.1) is 0 Å². The summed E-state index contributed by atoms with van der Waals surface area (Å²) in [6.45, 7) is 7.96. The number of nitrogens with one attached hydrogen (secondary N) is 1. The van der Waals surface area contributed by atoms with Gasteiger partial charge >= 0.3 is 0 Å². The number of aryl methyl sites for hydroxylation is 2. The van der Waals surface area contributed by atoms with E-state index in [-0.39, 0.29) is 18.0 Å². The monoisotopic (exact) mass is 418 g/mol. The number of ether oxygens (including phenoxy) is 1. The van der Waals surface area contributed by atoms with Crippen LogP contribution in [0.15, 0.2) is 23.9 Å². The van der Waals surface area contributed by atoms with Crippen molar-refractivity contribution in [1.29, 1.82) is 0 Å². The van der Waals surface area contributed by atoms with E-state index in [0.29, 0.717) is 24.4 Å². The Balaban J connectivity index is 0.000000806. The van der Waals surface area contributed by atoms with Crippen molar-refractivity contribution in [1.82, 2.24) is 20.0 Å². The number of allylic oxidation sites excluding steroid dienone is 1. The van der Waals surface area contributed by atoms with Gasteiger partial charge < -0.3 is 15.2 Å². The van der Waals surface area contributed by atoms with Gasteiger partial charge in [0.25, 0.3) is 6.47 Å². The number of hydrogen-bond acceptors (Lipinski definition) is 5. The molecular formula is C22H34N4O4. The quantitative estimate of drug-likeness (QED) is 0.516. The molecule has 166 valence electrons. The van der Waals surface area contributed by atoms with Gasteiger partial charge in [0, 0.05) is 63.4 Å². The highest BCUT2D eigenvalue weighted by atomic mass is 16.5. The minimum atomic E-state index is -0.250. The molecule has 2 N–H and O–H groups in total.